The second-order valence-corrected chi connectivity index (χ2v) is 5.55. The molecule has 126 valence electrons. The highest BCUT2D eigenvalue weighted by Gasteiger charge is 2.23. The first-order valence-corrected chi connectivity index (χ1v) is 7.49. The largest absolute Gasteiger partial charge is 0.496 e. The molecule has 0 aromatic heterocycles. The lowest BCUT2D eigenvalue weighted by molar-refractivity contribution is 0.200. The highest BCUT2D eigenvalue weighted by molar-refractivity contribution is 9.10. The summed E-state index contributed by atoms with van der Waals surface area (Å²) >= 11 is 3.49. The number of hydrogen-bond donors (Lipinski definition) is 1. The molecule has 4 nitrogen and oxygen atoms in total. The van der Waals surface area contributed by atoms with Crippen LogP contribution in [0.15, 0.2) is 29.3 Å². The molecule has 1 heterocycles. The number of methoxy groups -OCH3 is 2. The molecule has 1 aliphatic heterocycles. The molecule has 1 aromatic carbocycles. The van der Waals surface area contributed by atoms with Crippen molar-refractivity contribution in [2.45, 2.75) is 6.04 Å². The second-order valence-electron chi connectivity index (χ2n) is 4.70. The lowest BCUT2D eigenvalue weighted by Gasteiger charge is -2.34. The van der Waals surface area contributed by atoms with E-state index in [0.29, 0.717) is 0 Å². The molecule has 7 heteroatoms. The van der Waals surface area contributed by atoms with Crippen molar-refractivity contribution in [2.24, 2.45) is 0 Å². The van der Waals surface area contributed by atoms with Gasteiger partial charge in [0.2, 0.25) is 0 Å². The average Bonchev–Trinajstić information content (AvgIpc) is 2.50. The van der Waals surface area contributed by atoms with Crippen LogP contribution in [0.2, 0.25) is 0 Å². The quantitative estimate of drug-likeness (QED) is 0.749. The molecular formula is C15H23BrCl2N2O2. The summed E-state index contributed by atoms with van der Waals surface area (Å²) in [7, 11) is 3.36. The smallest absolute Gasteiger partial charge is 0.133 e. The van der Waals surface area contributed by atoms with E-state index >= 15 is 0 Å². The van der Waals surface area contributed by atoms with Crippen molar-refractivity contribution < 1.29 is 9.47 Å². The predicted molar refractivity (Wildman–Crippen MR) is 99.1 cm³/mol. The highest BCUT2D eigenvalue weighted by Crippen LogP contribution is 2.38. The van der Waals surface area contributed by atoms with E-state index < -0.39 is 0 Å². The summed E-state index contributed by atoms with van der Waals surface area (Å²) in [5, 5.41) is 3.37. The van der Waals surface area contributed by atoms with Gasteiger partial charge in [-0.1, -0.05) is 6.08 Å². The summed E-state index contributed by atoms with van der Waals surface area (Å²) in [6.07, 6.45) is 1.97. The van der Waals surface area contributed by atoms with E-state index in [2.05, 4.69) is 32.7 Å². The summed E-state index contributed by atoms with van der Waals surface area (Å²) in [6.45, 7) is 7.99. The maximum Gasteiger partial charge on any atom is 0.133 e. The Bertz CT molecular complexity index is 483. The van der Waals surface area contributed by atoms with Gasteiger partial charge in [-0.15, -0.1) is 31.4 Å². The maximum atomic E-state index is 5.52. The minimum absolute atomic E-state index is 0. The number of nitrogens with one attached hydrogen (secondary N) is 1. The Kier molecular flexibility index (Phi) is 10.1. The fourth-order valence-electron chi connectivity index (χ4n) is 2.55. The van der Waals surface area contributed by atoms with E-state index in [1.54, 1.807) is 14.2 Å². The molecule has 0 aliphatic carbocycles. The molecule has 22 heavy (non-hydrogen) atoms. The van der Waals surface area contributed by atoms with Crippen LogP contribution in [-0.4, -0.2) is 45.3 Å². The highest BCUT2D eigenvalue weighted by atomic mass is 79.9. The summed E-state index contributed by atoms with van der Waals surface area (Å²) in [4.78, 5) is 2.40. The maximum absolute atomic E-state index is 5.52. The van der Waals surface area contributed by atoms with Crippen LogP contribution < -0.4 is 14.8 Å². The topological polar surface area (TPSA) is 33.7 Å². The zero-order valence-electron chi connectivity index (χ0n) is 12.8. The fraction of sp³-hybridized carbons (Fsp3) is 0.467. The van der Waals surface area contributed by atoms with Crippen molar-refractivity contribution >= 4 is 40.7 Å². The van der Waals surface area contributed by atoms with E-state index in [9.17, 15) is 0 Å². The van der Waals surface area contributed by atoms with Gasteiger partial charge in [-0.3, -0.25) is 4.90 Å². The first-order valence-electron chi connectivity index (χ1n) is 6.70. The van der Waals surface area contributed by atoms with Crippen molar-refractivity contribution in [1.29, 1.82) is 0 Å². The number of hydrogen-bond acceptors (Lipinski definition) is 4. The number of rotatable bonds is 5. The zero-order valence-corrected chi connectivity index (χ0v) is 16.0. The molecule has 1 aromatic rings. The summed E-state index contributed by atoms with van der Waals surface area (Å²) < 4.78 is 11.8. The SMILES string of the molecule is C=C[C@@H](c1cc(OC)c(Br)cc1OC)N1CCNCC1.Cl.Cl. The number of piperazine rings is 1. The molecule has 1 saturated heterocycles. The molecule has 0 spiro atoms. The Labute approximate surface area is 153 Å². The van der Waals surface area contributed by atoms with Gasteiger partial charge >= 0.3 is 0 Å². The fourth-order valence-corrected chi connectivity index (χ4v) is 3.03. The van der Waals surface area contributed by atoms with E-state index in [-0.39, 0.29) is 30.9 Å². The Hall–Kier alpha value is -0.460. The Morgan fingerprint density at radius 3 is 2.27 bits per heavy atom. The summed E-state index contributed by atoms with van der Waals surface area (Å²) in [5.41, 5.74) is 1.09. The Balaban J connectivity index is 0.00000220. The number of nitrogens with zero attached hydrogens (tertiary/aromatic N) is 1. The summed E-state index contributed by atoms with van der Waals surface area (Å²) in [5.74, 6) is 1.66. The van der Waals surface area contributed by atoms with Crippen LogP contribution in [0, 0.1) is 0 Å². The molecule has 2 rings (SSSR count). The number of ether oxygens (including phenoxy) is 2. The molecule has 1 fully saturated rings. The number of halogens is 3. The lowest BCUT2D eigenvalue weighted by atomic mass is 10.0. The Morgan fingerprint density at radius 1 is 1.18 bits per heavy atom. The van der Waals surface area contributed by atoms with Crippen LogP contribution in [0.5, 0.6) is 11.5 Å². The molecule has 1 atom stereocenters. The third kappa shape index (κ3) is 4.77. The van der Waals surface area contributed by atoms with Crippen molar-refractivity contribution in [3.8, 4) is 11.5 Å². The van der Waals surface area contributed by atoms with Crippen LogP contribution in [0.1, 0.15) is 11.6 Å². The molecule has 0 amide bonds. The van der Waals surface area contributed by atoms with Crippen LogP contribution in [0.3, 0.4) is 0 Å². The Morgan fingerprint density at radius 2 is 1.77 bits per heavy atom. The van der Waals surface area contributed by atoms with Crippen LogP contribution in [0.4, 0.5) is 0 Å². The van der Waals surface area contributed by atoms with Gasteiger partial charge in [0.15, 0.2) is 0 Å². The van der Waals surface area contributed by atoms with E-state index in [0.717, 1.165) is 47.7 Å². The molecule has 0 saturated carbocycles. The average molecular weight is 414 g/mol. The molecule has 0 bridgehead atoms. The van der Waals surface area contributed by atoms with Gasteiger partial charge in [-0.2, -0.15) is 0 Å². The lowest BCUT2D eigenvalue weighted by Crippen LogP contribution is -2.44. The minimum Gasteiger partial charge on any atom is -0.496 e. The van der Waals surface area contributed by atoms with Crippen LogP contribution >= 0.6 is 40.7 Å². The van der Waals surface area contributed by atoms with Gasteiger partial charge in [0.25, 0.3) is 0 Å². The van der Waals surface area contributed by atoms with Crippen LogP contribution in [0.25, 0.3) is 0 Å². The number of benzene rings is 1. The van der Waals surface area contributed by atoms with Crippen LogP contribution in [-0.2, 0) is 0 Å². The molecule has 1 aliphatic rings. The van der Waals surface area contributed by atoms with E-state index in [4.69, 9.17) is 9.47 Å². The molecular weight excluding hydrogens is 391 g/mol. The van der Waals surface area contributed by atoms with Gasteiger partial charge in [-0.05, 0) is 28.1 Å². The summed E-state index contributed by atoms with van der Waals surface area (Å²) in [6, 6.07) is 4.11. The molecule has 0 radical (unpaired) electrons. The zero-order chi connectivity index (χ0) is 14.5. The van der Waals surface area contributed by atoms with E-state index in [1.807, 2.05) is 18.2 Å². The van der Waals surface area contributed by atoms with Crippen molar-refractivity contribution in [3.05, 3.63) is 34.8 Å². The molecule has 1 N–H and O–H groups in total. The van der Waals surface area contributed by atoms with Gasteiger partial charge in [0.1, 0.15) is 11.5 Å². The standard InChI is InChI=1S/C15H21BrN2O2.2ClH/c1-4-13(18-7-5-17-6-8-18)11-9-15(20-3)12(16)10-14(11)19-2;;/h4,9-10,13,17H,1,5-8H2,2-3H3;2*1H/t13-;;/m0../s1. The van der Waals surface area contributed by atoms with E-state index in [1.165, 1.54) is 0 Å². The van der Waals surface area contributed by atoms with Crippen molar-refractivity contribution in [2.75, 3.05) is 40.4 Å². The third-order valence-electron chi connectivity index (χ3n) is 3.59. The first-order chi connectivity index (χ1) is 9.71. The first kappa shape index (κ1) is 21.5. The second kappa shape index (κ2) is 10.3. The van der Waals surface area contributed by atoms with Gasteiger partial charge in [0, 0.05) is 31.7 Å². The van der Waals surface area contributed by atoms with Gasteiger partial charge in [0.05, 0.1) is 24.7 Å². The normalized spacial score (nSPS) is 16.0. The van der Waals surface area contributed by atoms with Gasteiger partial charge < -0.3 is 14.8 Å². The van der Waals surface area contributed by atoms with Crippen molar-refractivity contribution in [1.82, 2.24) is 10.2 Å². The predicted octanol–water partition coefficient (Wildman–Crippen LogP) is 3.44. The van der Waals surface area contributed by atoms with Crippen molar-refractivity contribution in [3.63, 3.8) is 0 Å². The van der Waals surface area contributed by atoms with Gasteiger partial charge in [-0.25, -0.2) is 0 Å². The molecule has 0 unspecified atom stereocenters. The minimum atomic E-state index is 0. The monoisotopic (exact) mass is 412 g/mol. The third-order valence-corrected chi connectivity index (χ3v) is 4.21.